The molecule has 0 aliphatic rings. The minimum absolute atomic E-state index is 0.642. The number of rotatable bonds is 6. The number of fused-ring (bicyclic) bond motifs is 4. The van der Waals surface area contributed by atoms with E-state index in [0.29, 0.717) is 17.5 Å². The molecule has 10 aromatic rings. The standard InChI is InChI=1S/C50H32N4/c1-4-13-35(14-5-1)44-32-46(43-22-12-20-34-15-10-11-21-41(34)43)51-45-30-28-40-31-39(27-29-42(40)47(44)45)33-23-25-38(26-24-33)50-53-48(36-16-6-2-7-17-36)52-49(54-50)37-18-8-3-9-19-37/h1-32H. The Morgan fingerprint density at radius 3 is 1.48 bits per heavy atom. The van der Waals surface area contributed by atoms with Crippen molar-refractivity contribution in [3.05, 3.63) is 194 Å². The first-order valence-corrected chi connectivity index (χ1v) is 18.1. The lowest BCUT2D eigenvalue weighted by atomic mass is 9.92. The van der Waals surface area contributed by atoms with Gasteiger partial charge in [0.1, 0.15) is 0 Å². The van der Waals surface area contributed by atoms with Gasteiger partial charge in [-0.3, -0.25) is 0 Å². The van der Waals surface area contributed by atoms with Gasteiger partial charge in [-0.15, -0.1) is 0 Å². The molecule has 0 saturated carbocycles. The Balaban J connectivity index is 1.06. The first-order chi connectivity index (χ1) is 26.7. The summed E-state index contributed by atoms with van der Waals surface area (Å²) in [6, 6.07) is 67.7. The molecule has 0 atom stereocenters. The topological polar surface area (TPSA) is 51.6 Å². The van der Waals surface area contributed by atoms with Crippen molar-refractivity contribution in [1.29, 1.82) is 0 Å². The lowest BCUT2D eigenvalue weighted by Crippen LogP contribution is -2.00. The third-order valence-corrected chi connectivity index (χ3v) is 10.1. The summed E-state index contributed by atoms with van der Waals surface area (Å²) in [6.07, 6.45) is 0. The van der Waals surface area contributed by atoms with Crippen LogP contribution in [0, 0.1) is 0 Å². The van der Waals surface area contributed by atoms with Crippen LogP contribution in [0.15, 0.2) is 194 Å². The molecule has 0 amide bonds. The van der Waals surface area contributed by atoms with Gasteiger partial charge in [0.05, 0.1) is 11.2 Å². The van der Waals surface area contributed by atoms with E-state index in [4.69, 9.17) is 19.9 Å². The van der Waals surface area contributed by atoms with Gasteiger partial charge in [-0.1, -0.05) is 176 Å². The van der Waals surface area contributed by atoms with Crippen LogP contribution >= 0.6 is 0 Å². The smallest absolute Gasteiger partial charge is 0.164 e. The van der Waals surface area contributed by atoms with E-state index >= 15 is 0 Å². The minimum Gasteiger partial charge on any atom is -0.248 e. The molecule has 252 valence electrons. The highest BCUT2D eigenvalue weighted by Crippen LogP contribution is 2.39. The van der Waals surface area contributed by atoms with E-state index in [-0.39, 0.29) is 0 Å². The average molecular weight is 689 g/mol. The van der Waals surface area contributed by atoms with Gasteiger partial charge in [-0.25, -0.2) is 19.9 Å². The number of pyridine rings is 1. The first kappa shape index (κ1) is 31.4. The molecule has 0 bridgehead atoms. The Morgan fingerprint density at radius 2 is 0.815 bits per heavy atom. The molecule has 0 N–H and O–H groups in total. The highest BCUT2D eigenvalue weighted by Gasteiger charge is 2.16. The van der Waals surface area contributed by atoms with Gasteiger partial charge in [0.15, 0.2) is 17.5 Å². The lowest BCUT2D eigenvalue weighted by Gasteiger charge is -2.15. The molecule has 10 rings (SSSR count). The Kier molecular flexibility index (Phi) is 7.77. The highest BCUT2D eigenvalue weighted by molar-refractivity contribution is 6.15. The van der Waals surface area contributed by atoms with Gasteiger partial charge < -0.3 is 0 Å². The third kappa shape index (κ3) is 5.76. The summed E-state index contributed by atoms with van der Waals surface area (Å²) in [7, 11) is 0. The van der Waals surface area contributed by atoms with E-state index in [9.17, 15) is 0 Å². The van der Waals surface area contributed by atoms with E-state index in [1.54, 1.807) is 0 Å². The molecule has 0 aliphatic carbocycles. The van der Waals surface area contributed by atoms with Crippen LogP contribution in [0.2, 0.25) is 0 Å². The summed E-state index contributed by atoms with van der Waals surface area (Å²) in [5.74, 6) is 1.95. The zero-order chi connectivity index (χ0) is 35.8. The Morgan fingerprint density at radius 1 is 0.278 bits per heavy atom. The van der Waals surface area contributed by atoms with Gasteiger partial charge in [0, 0.05) is 27.6 Å². The number of benzene rings is 8. The van der Waals surface area contributed by atoms with Crippen LogP contribution < -0.4 is 0 Å². The second-order valence-corrected chi connectivity index (χ2v) is 13.5. The zero-order valence-corrected chi connectivity index (χ0v) is 29.3. The number of hydrogen-bond donors (Lipinski definition) is 0. The molecule has 54 heavy (non-hydrogen) atoms. The van der Waals surface area contributed by atoms with Crippen molar-refractivity contribution < 1.29 is 0 Å². The largest absolute Gasteiger partial charge is 0.248 e. The summed E-state index contributed by atoms with van der Waals surface area (Å²) < 4.78 is 0. The van der Waals surface area contributed by atoms with Crippen molar-refractivity contribution in [2.45, 2.75) is 0 Å². The van der Waals surface area contributed by atoms with Gasteiger partial charge in [-0.05, 0) is 62.0 Å². The summed E-state index contributed by atoms with van der Waals surface area (Å²) in [6.45, 7) is 0. The number of hydrogen-bond acceptors (Lipinski definition) is 4. The van der Waals surface area contributed by atoms with Crippen molar-refractivity contribution in [2.75, 3.05) is 0 Å². The maximum Gasteiger partial charge on any atom is 0.164 e. The van der Waals surface area contributed by atoms with Gasteiger partial charge >= 0.3 is 0 Å². The third-order valence-electron chi connectivity index (χ3n) is 10.1. The minimum atomic E-state index is 0.642. The maximum absolute atomic E-state index is 5.29. The normalized spacial score (nSPS) is 11.3. The Labute approximate surface area is 313 Å². The molecular formula is C50H32N4. The van der Waals surface area contributed by atoms with Crippen LogP contribution in [0.5, 0.6) is 0 Å². The molecule has 0 unspecified atom stereocenters. The summed E-state index contributed by atoms with van der Waals surface area (Å²) >= 11 is 0. The average Bonchev–Trinajstić information content (AvgIpc) is 3.26. The molecule has 2 aromatic heterocycles. The summed E-state index contributed by atoms with van der Waals surface area (Å²) in [5.41, 5.74) is 10.5. The van der Waals surface area contributed by atoms with Crippen molar-refractivity contribution in [3.8, 4) is 67.7 Å². The zero-order valence-electron chi connectivity index (χ0n) is 29.3. The van der Waals surface area contributed by atoms with Crippen molar-refractivity contribution >= 4 is 32.4 Å². The van der Waals surface area contributed by atoms with Crippen LogP contribution in [-0.2, 0) is 0 Å². The van der Waals surface area contributed by atoms with E-state index in [1.165, 1.54) is 32.7 Å². The van der Waals surface area contributed by atoms with Crippen LogP contribution in [0.25, 0.3) is 100 Å². The fourth-order valence-electron chi connectivity index (χ4n) is 7.43. The molecule has 4 nitrogen and oxygen atoms in total. The van der Waals surface area contributed by atoms with Crippen LogP contribution in [0.3, 0.4) is 0 Å². The Hall–Kier alpha value is -7.30. The fourth-order valence-corrected chi connectivity index (χ4v) is 7.43. The van der Waals surface area contributed by atoms with E-state index in [1.807, 2.05) is 60.7 Å². The van der Waals surface area contributed by atoms with E-state index in [0.717, 1.165) is 50.0 Å². The van der Waals surface area contributed by atoms with Gasteiger partial charge in [0.25, 0.3) is 0 Å². The van der Waals surface area contributed by atoms with Gasteiger partial charge in [0.2, 0.25) is 0 Å². The molecule has 4 heteroatoms. The number of nitrogens with zero attached hydrogens (tertiary/aromatic N) is 4. The van der Waals surface area contributed by atoms with Crippen LogP contribution in [0.1, 0.15) is 0 Å². The molecule has 0 fully saturated rings. The molecule has 2 heterocycles. The van der Waals surface area contributed by atoms with Crippen LogP contribution in [0.4, 0.5) is 0 Å². The molecule has 0 aliphatic heterocycles. The van der Waals surface area contributed by atoms with E-state index < -0.39 is 0 Å². The van der Waals surface area contributed by atoms with Crippen molar-refractivity contribution in [3.63, 3.8) is 0 Å². The number of aromatic nitrogens is 4. The van der Waals surface area contributed by atoms with Crippen molar-refractivity contribution in [1.82, 2.24) is 19.9 Å². The predicted octanol–water partition coefficient (Wildman–Crippen LogP) is 12.7. The summed E-state index contributed by atoms with van der Waals surface area (Å²) in [4.78, 5) is 20.0. The lowest BCUT2D eigenvalue weighted by molar-refractivity contribution is 1.07. The molecular weight excluding hydrogens is 657 g/mol. The molecule has 0 spiro atoms. The predicted molar refractivity (Wildman–Crippen MR) is 223 cm³/mol. The first-order valence-electron chi connectivity index (χ1n) is 18.1. The Bertz CT molecular complexity index is 2900. The molecule has 8 aromatic carbocycles. The molecule has 0 radical (unpaired) electrons. The second-order valence-electron chi connectivity index (χ2n) is 13.5. The summed E-state index contributed by atoms with van der Waals surface area (Å²) in [5, 5.41) is 5.91. The van der Waals surface area contributed by atoms with Crippen LogP contribution in [-0.4, -0.2) is 19.9 Å². The molecule has 0 saturated heterocycles. The second kappa shape index (κ2) is 13.4. The van der Waals surface area contributed by atoms with Gasteiger partial charge in [-0.2, -0.15) is 0 Å². The SMILES string of the molecule is c1ccc(-c2nc(-c3ccccc3)nc(-c3ccc(-c4ccc5c(ccc6nc(-c7cccc8ccccc78)cc(-c7ccccc7)c65)c4)cc3)n2)cc1. The highest BCUT2D eigenvalue weighted by atomic mass is 15.0. The maximum atomic E-state index is 5.29. The fraction of sp³-hybridized carbons (Fsp3) is 0. The monoisotopic (exact) mass is 688 g/mol. The van der Waals surface area contributed by atoms with E-state index in [2.05, 4.69) is 133 Å². The van der Waals surface area contributed by atoms with Crippen molar-refractivity contribution in [2.24, 2.45) is 0 Å². The quantitative estimate of drug-likeness (QED) is 0.163.